The Balaban J connectivity index is 3.06. The highest BCUT2D eigenvalue weighted by Gasteiger charge is 2.45. The highest BCUT2D eigenvalue weighted by molar-refractivity contribution is 6.89. The SMILES string of the molecule is CC[Si](C)(C)O[Si](C)(CC(C)c1ccccc1)O[Si](C)(C)O[Si](C)(C)C. The normalized spacial score (nSPS) is 17.0. The zero-order valence-corrected chi connectivity index (χ0v) is 22.6. The van der Waals surface area contributed by atoms with Gasteiger partial charge in [0.15, 0.2) is 16.6 Å². The summed E-state index contributed by atoms with van der Waals surface area (Å²) in [6, 6.07) is 12.8. The molecule has 0 fully saturated rings. The molecule has 0 aliphatic rings. The monoisotopic (exact) mass is 428 g/mol. The summed E-state index contributed by atoms with van der Waals surface area (Å²) in [4.78, 5) is 0. The quantitative estimate of drug-likeness (QED) is 0.389. The van der Waals surface area contributed by atoms with E-state index in [1.54, 1.807) is 0 Å². The maximum Gasteiger partial charge on any atom is 0.316 e. The number of benzene rings is 1. The summed E-state index contributed by atoms with van der Waals surface area (Å²) in [7, 11) is -7.97. The molecule has 0 saturated carbocycles. The first-order valence-electron chi connectivity index (χ1n) is 9.82. The summed E-state index contributed by atoms with van der Waals surface area (Å²) in [6.07, 6.45) is 0. The van der Waals surface area contributed by atoms with Gasteiger partial charge in [-0.1, -0.05) is 44.2 Å². The molecule has 0 aliphatic heterocycles. The second-order valence-electron chi connectivity index (χ2n) is 9.58. The third-order valence-corrected chi connectivity index (χ3v) is 19.5. The molecule has 0 saturated heterocycles. The van der Waals surface area contributed by atoms with Crippen molar-refractivity contribution >= 4 is 33.8 Å². The first kappa shape index (κ1) is 24.0. The van der Waals surface area contributed by atoms with Gasteiger partial charge in [0.05, 0.1) is 0 Å². The molecule has 0 bridgehead atoms. The molecule has 1 aromatic carbocycles. The predicted octanol–water partition coefficient (Wildman–Crippen LogP) is 6.67. The summed E-state index contributed by atoms with van der Waals surface area (Å²) in [5, 5.41) is 0. The Kier molecular flexibility index (Phi) is 8.29. The maximum absolute atomic E-state index is 6.84. The summed E-state index contributed by atoms with van der Waals surface area (Å²) in [6.45, 7) is 22.5. The maximum atomic E-state index is 6.84. The summed E-state index contributed by atoms with van der Waals surface area (Å²) in [5.74, 6) is 0.422. The van der Waals surface area contributed by atoms with Crippen LogP contribution in [0.1, 0.15) is 25.3 Å². The molecule has 150 valence electrons. The molecule has 2 atom stereocenters. The topological polar surface area (TPSA) is 27.7 Å². The lowest BCUT2D eigenvalue weighted by Gasteiger charge is -2.42. The van der Waals surface area contributed by atoms with Crippen LogP contribution in [0, 0.1) is 0 Å². The first-order chi connectivity index (χ1) is 11.7. The number of hydrogen-bond donors (Lipinski definition) is 0. The highest BCUT2D eigenvalue weighted by atomic mass is 28.5. The fraction of sp³-hybridized carbons (Fsp3) is 0.684. The molecular formula is C19H40O3Si4. The lowest BCUT2D eigenvalue weighted by atomic mass is 10.0. The van der Waals surface area contributed by atoms with Gasteiger partial charge in [-0.15, -0.1) is 0 Å². The minimum atomic E-state index is -2.37. The van der Waals surface area contributed by atoms with E-state index < -0.39 is 33.8 Å². The molecule has 2 unspecified atom stereocenters. The molecule has 26 heavy (non-hydrogen) atoms. The fourth-order valence-corrected chi connectivity index (χ4v) is 21.9. The van der Waals surface area contributed by atoms with Gasteiger partial charge in [0, 0.05) is 0 Å². The average molecular weight is 429 g/mol. The number of hydrogen-bond acceptors (Lipinski definition) is 3. The van der Waals surface area contributed by atoms with Gasteiger partial charge in [-0.25, -0.2) is 0 Å². The van der Waals surface area contributed by atoms with Crippen LogP contribution < -0.4 is 0 Å². The van der Waals surface area contributed by atoms with Crippen LogP contribution in [0.4, 0.5) is 0 Å². The number of rotatable bonds is 10. The lowest BCUT2D eigenvalue weighted by Crippen LogP contribution is -2.57. The minimum Gasteiger partial charge on any atom is -0.437 e. The Morgan fingerprint density at radius 3 is 1.81 bits per heavy atom. The molecule has 0 radical (unpaired) electrons. The van der Waals surface area contributed by atoms with Crippen molar-refractivity contribution in [1.29, 1.82) is 0 Å². The van der Waals surface area contributed by atoms with Gasteiger partial charge in [-0.2, -0.15) is 0 Å². The van der Waals surface area contributed by atoms with Crippen molar-refractivity contribution in [2.45, 2.75) is 84.2 Å². The van der Waals surface area contributed by atoms with E-state index in [-0.39, 0.29) is 0 Å². The van der Waals surface area contributed by atoms with Crippen LogP contribution in [0.15, 0.2) is 30.3 Å². The van der Waals surface area contributed by atoms with E-state index in [0.717, 1.165) is 12.1 Å². The van der Waals surface area contributed by atoms with Crippen LogP contribution in [-0.2, 0) is 12.3 Å². The van der Waals surface area contributed by atoms with E-state index in [0.29, 0.717) is 5.92 Å². The largest absolute Gasteiger partial charge is 0.437 e. The molecule has 0 N–H and O–H groups in total. The van der Waals surface area contributed by atoms with Crippen molar-refractivity contribution in [1.82, 2.24) is 0 Å². The predicted molar refractivity (Wildman–Crippen MR) is 123 cm³/mol. The van der Waals surface area contributed by atoms with Gasteiger partial charge in [0.1, 0.15) is 0 Å². The zero-order chi connectivity index (χ0) is 20.2. The Morgan fingerprint density at radius 2 is 1.35 bits per heavy atom. The van der Waals surface area contributed by atoms with Gasteiger partial charge in [-0.05, 0) is 75.9 Å². The van der Waals surface area contributed by atoms with E-state index in [2.05, 4.69) is 96.6 Å². The Labute approximate surface area is 166 Å². The van der Waals surface area contributed by atoms with Gasteiger partial charge >= 0.3 is 17.1 Å². The van der Waals surface area contributed by atoms with Crippen LogP contribution in [0.5, 0.6) is 0 Å². The molecule has 0 aliphatic carbocycles. The van der Waals surface area contributed by atoms with Gasteiger partial charge in [-0.3, -0.25) is 0 Å². The molecule has 1 aromatic rings. The molecule has 3 nitrogen and oxygen atoms in total. The van der Waals surface area contributed by atoms with Crippen LogP contribution in [-0.4, -0.2) is 33.8 Å². The third-order valence-electron chi connectivity index (χ3n) is 4.40. The van der Waals surface area contributed by atoms with Gasteiger partial charge in [0.25, 0.3) is 0 Å². The smallest absolute Gasteiger partial charge is 0.316 e. The molecule has 0 spiro atoms. The second-order valence-corrected chi connectivity index (χ2v) is 26.0. The van der Waals surface area contributed by atoms with Crippen molar-refractivity contribution < 1.29 is 12.3 Å². The molecule has 0 heterocycles. The molecule has 1 rings (SSSR count). The summed E-state index contributed by atoms with van der Waals surface area (Å²) < 4.78 is 20.2. The van der Waals surface area contributed by atoms with Crippen LogP contribution >= 0.6 is 0 Å². The molecular weight excluding hydrogens is 389 g/mol. The second kappa shape index (κ2) is 8.98. The van der Waals surface area contributed by atoms with Crippen molar-refractivity contribution in [3.63, 3.8) is 0 Å². The van der Waals surface area contributed by atoms with Crippen molar-refractivity contribution in [2.75, 3.05) is 0 Å². The highest BCUT2D eigenvalue weighted by Crippen LogP contribution is 2.33. The molecule has 0 aromatic heterocycles. The van der Waals surface area contributed by atoms with E-state index in [1.807, 2.05) is 0 Å². The van der Waals surface area contributed by atoms with Gasteiger partial charge in [0.2, 0.25) is 0 Å². The fourth-order valence-electron chi connectivity index (χ4n) is 3.49. The van der Waals surface area contributed by atoms with Crippen LogP contribution in [0.25, 0.3) is 0 Å². The van der Waals surface area contributed by atoms with Crippen molar-refractivity contribution in [3.05, 3.63) is 35.9 Å². The summed E-state index contributed by atoms with van der Waals surface area (Å²) >= 11 is 0. The Hall–Kier alpha value is -0.0325. The van der Waals surface area contributed by atoms with Crippen molar-refractivity contribution in [3.8, 4) is 0 Å². The minimum absolute atomic E-state index is 0.422. The standard InChI is InChI=1S/C19H40O3Si4/c1-11-24(6,7)21-26(10,22-25(8,9)20-23(3,4)5)17-18(2)19-15-13-12-14-16-19/h12-16,18H,11,17H2,1-10H3. The lowest BCUT2D eigenvalue weighted by molar-refractivity contribution is 0.319. The first-order valence-corrected chi connectivity index (χ1v) is 21.7. The van der Waals surface area contributed by atoms with E-state index >= 15 is 0 Å². The third kappa shape index (κ3) is 8.77. The van der Waals surface area contributed by atoms with E-state index in [9.17, 15) is 0 Å². The average Bonchev–Trinajstić information content (AvgIpc) is 2.43. The van der Waals surface area contributed by atoms with Gasteiger partial charge < -0.3 is 12.3 Å². The summed E-state index contributed by atoms with van der Waals surface area (Å²) in [5.41, 5.74) is 1.36. The molecule has 0 amide bonds. The van der Waals surface area contributed by atoms with Crippen molar-refractivity contribution in [2.24, 2.45) is 0 Å². The van der Waals surface area contributed by atoms with E-state index in [4.69, 9.17) is 12.3 Å². The van der Waals surface area contributed by atoms with Crippen LogP contribution in [0.3, 0.4) is 0 Å². The van der Waals surface area contributed by atoms with Crippen LogP contribution in [0.2, 0.25) is 64.5 Å². The molecule has 7 heteroatoms. The Morgan fingerprint density at radius 1 is 0.808 bits per heavy atom. The zero-order valence-electron chi connectivity index (χ0n) is 18.6. The van der Waals surface area contributed by atoms with E-state index in [1.165, 1.54) is 5.56 Å². The Bertz CT molecular complexity index is 558.